The number of carbonyl (C=O) groups is 2. The van der Waals surface area contributed by atoms with Crippen LogP contribution in [0.3, 0.4) is 0 Å². The zero-order valence-corrected chi connectivity index (χ0v) is 14.4. The third-order valence-electron chi connectivity index (χ3n) is 4.78. The fourth-order valence-corrected chi connectivity index (χ4v) is 5.28. The molecule has 2 atom stereocenters. The molecule has 0 aromatic carbocycles. The lowest BCUT2D eigenvalue weighted by molar-refractivity contribution is -0.155. The number of carbonyl (C=O) groups excluding carboxylic acids is 2. The van der Waals surface area contributed by atoms with Gasteiger partial charge in [-0.2, -0.15) is 0 Å². The highest BCUT2D eigenvalue weighted by Crippen LogP contribution is 2.22. The first-order valence-corrected chi connectivity index (χ1v) is 10.1. The van der Waals surface area contributed by atoms with E-state index in [9.17, 15) is 18.0 Å². The van der Waals surface area contributed by atoms with Crippen molar-refractivity contribution in [3.05, 3.63) is 0 Å². The van der Waals surface area contributed by atoms with Crippen molar-refractivity contribution in [1.82, 2.24) is 9.80 Å². The van der Waals surface area contributed by atoms with Crippen LogP contribution in [-0.4, -0.2) is 78.4 Å². The van der Waals surface area contributed by atoms with Crippen LogP contribution in [0.5, 0.6) is 0 Å². The van der Waals surface area contributed by atoms with E-state index in [-0.39, 0.29) is 24.2 Å². The zero-order chi connectivity index (χ0) is 17.0. The molecule has 2 aliphatic heterocycles. The van der Waals surface area contributed by atoms with E-state index < -0.39 is 27.7 Å². The second kappa shape index (κ2) is 7.61. The average molecular weight is 346 g/mol. The molecule has 0 bridgehead atoms. The number of aliphatic hydroxyl groups is 1. The molecule has 0 spiro atoms. The summed E-state index contributed by atoms with van der Waals surface area (Å²) < 4.78 is 23.3. The Morgan fingerprint density at radius 1 is 1.26 bits per heavy atom. The van der Waals surface area contributed by atoms with Crippen LogP contribution < -0.4 is 0 Å². The highest BCUT2D eigenvalue weighted by atomic mass is 32.2. The number of likely N-dealkylation sites (N-methyl/N-ethyl adjacent to an activating group) is 1. The molecular formula is C15H26N2O5S. The molecule has 0 aromatic heterocycles. The maximum absolute atomic E-state index is 12.6. The third kappa shape index (κ3) is 4.23. The van der Waals surface area contributed by atoms with Crippen molar-refractivity contribution in [2.75, 3.05) is 31.2 Å². The van der Waals surface area contributed by atoms with Crippen LogP contribution in [0.25, 0.3) is 0 Å². The van der Waals surface area contributed by atoms with E-state index in [1.165, 1.54) is 4.90 Å². The highest BCUT2D eigenvalue weighted by Gasteiger charge is 2.38. The summed E-state index contributed by atoms with van der Waals surface area (Å²) in [5.41, 5.74) is 0. The molecule has 23 heavy (non-hydrogen) atoms. The first-order valence-electron chi connectivity index (χ1n) is 8.32. The van der Waals surface area contributed by atoms with E-state index in [2.05, 4.69) is 0 Å². The zero-order valence-electron chi connectivity index (χ0n) is 13.6. The summed E-state index contributed by atoms with van der Waals surface area (Å²) in [6.45, 7) is 2.59. The van der Waals surface area contributed by atoms with Crippen molar-refractivity contribution in [2.24, 2.45) is 0 Å². The topological polar surface area (TPSA) is 95.0 Å². The van der Waals surface area contributed by atoms with Gasteiger partial charge in [-0.25, -0.2) is 8.42 Å². The van der Waals surface area contributed by atoms with Gasteiger partial charge < -0.3 is 14.9 Å². The third-order valence-corrected chi connectivity index (χ3v) is 6.53. The van der Waals surface area contributed by atoms with E-state index in [0.717, 1.165) is 19.3 Å². The maximum atomic E-state index is 12.6. The summed E-state index contributed by atoms with van der Waals surface area (Å²) in [6.07, 6.45) is 3.51. The van der Waals surface area contributed by atoms with Gasteiger partial charge in [0, 0.05) is 31.8 Å². The predicted octanol–water partition coefficient (Wildman–Crippen LogP) is -0.214. The molecule has 132 valence electrons. The number of piperidine rings is 1. The van der Waals surface area contributed by atoms with Gasteiger partial charge in [0.25, 0.3) is 0 Å². The molecule has 2 heterocycles. The molecule has 0 aromatic rings. The second-order valence-electron chi connectivity index (χ2n) is 6.31. The van der Waals surface area contributed by atoms with Crippen molar-refractivity contribution in [3.63, 3.8) is 0 Å². The highest BCUT2D eigenvalue weighted by molar-refractivity contribution is 7.91. The van der Waals surface area contributed by atoms with Gasteiger partial charge in [-0.3, -0.25) is 9.59 Å². The van der Waals surface area contributed by atoms with Gasteiger partial charge in [0.05, 0.1) is 11.5 Å². The van der Waals surface area contributed by atoms with Gasteiger partial charge in [0.2, 0.25) is 0 Å². The Morgan fingerprint density at radius 3 is 2.57 bits per heavy atom. The van der Waals surface area contributed by atoms with E-state index in [1.807, 2.05) is 0 Å². The normalized spacial score (nSPS) is 27.0. The number of likely N-dealkylation sites (tertiary alicyclic amines) is 1. The number of aliphatic hydroxyl groups excluding tert-OH is 1. The molecule has 2 saturated heterocycles. The van der Waals surface area contributed by atoms with Crippen molar-refractivity contribution >= 4 is 21.7 Å². The standard InChI is InChI=1S/C15H26N2O5S/c1-2-16(13-7-10-23(21,22)11-13)14(19)15(20)17-8-4-3-5-12(17)6-9-18/h12-13,18H,2-11H2,1H3. The lowest BCUT2D eigenvalue weighted by Crippen LogP contribution is -2.53. The van der Waals surface area contributed by atoms with Crippen molar-refractivity contribution in [3.8, 4) is 0 Å². The Hall–Kier alpha value is -1.15. The first-order chi connectivity index (χ1) is 10.9. The van der Waals surface area contributed by atoms with Crippen molar-refractivity contribution < 1.29 is 23.1 Å². The first kappa shape index (κ1) is 18.2. The van der Waals surface area contributed by atoms with Gasteiger partial charge in [-0.1, -0.05) is 0 Å². The summed E-state index contributed by atoms with van der Waals surface area (Å²) >= 11 is 0. The largest absolute Gasteiger partial charge is 0.396 e. The van der Waals surface area contributed by atoms with Gasteiger partial charge in [0.1, 0.15) is 0 Å². The Kier molecular flexibility index (Phi) is 6.02. The summed E-state index contributed by atoms with van der Waals surface area (Å²) in [6, 6.07) is -0.501. The lowest BCUT2D eigenvalue weighted by Gasteiger charge is -2.37. The minimum Gasteiger partial charge on any atom is -0.396 e. The van der Waals surface area contributed by atoms with Gasteiger partial charge in [-0.05, 0) is 39.0 Å². The van der Waals surface area contributed by atoms with E-state index >= 15 is 0 Å². The minimum absolute atomic E-state index is 0.0129. The monoisotopic (exact) mass is 346 g/mol. The Morgan fingerprint density at radius 2 is 2.00 bits per heavy atom. The van der Waals surface area contributed by atoms with Gasteiger partial charge in [0.15, 0.2) is 9.84 Å². The quantitative estimate of drug-likeness (QED) is 0.711. The SMILES string of the molecule is CCN(C(=O)C(=O)N1CCCCC1CCO)C1CCS(=O)(=O)C1. The molecule has 2 rings (SSSR count). The minimum atomic E-state index is -3.11. The number of hydrogen-bond acceptors (Lipinski definition) is 5. The lowest BCUT2D eigenvalue weighted by atomic mass is 9.99. The molecular weight excluding hydrogens is 320 g/mol. The molecule has 2 unspecified atom stereocenters. The molecule has 2 fully saturated rings. The van der Waals surface area contributed by atoms with Crippen LogP contribution >= 0.6 is 0 Å². The number of sulfone groups is 1. The van der Waals surface area contributed by atoms with Crippen LogP contribution in [0.2, 0.25) is 0 Å². The number of hydrogen-bond donors (Lipinski definition) is 1. The van der Waals surface area contributed by atoms with Crippen LogP contribution in [0.15, 0.2) is 0 Å². The molecule has 1 N–H and O–H groups in total. The van der Waals surface area contributed by atoms with E-state index in [0.29, 0.717) is 25.9 Å². The van der Waals surface area contributed by atoms with Crippen LogP contribution in [-0.2, 0) is 19.4 Å². The molecule has 2 aliphatic rings. The molecule has 7 nitrogen and oxygen atoms in total. The summed E-state index contributed by atoms with van der Waals surface area (Å²) in [5.74, 6) is -1.15. The number of amides is 2. The predicted molar refractivity (Wildman–Crippen MR) is 85.5 cm³/mol. The number of rotatable bonds is 4. The van der Waals surface area contributed by atoms with Crippen LogP contribution in [0.1, 0.15) is 39.0 Å². The van der Waals surface area contributed by atoms with Gasteiger partial charge >= 0.3 is 11.8 Å². The van der Waals surface area contributed by atoms with Crippen molar-refractivity contribution in [2.45, 2.75) is 51.1 Å². The fraction of sp³-hybridized carbons (Fsp3) is 0.867. The van der Waals surface area contributed by atoms with Crippen LogP contribution in [0.4, 0.5) is 0 Å². The molecule has 0 aliphatic carbocycles. The van der Waals surface area contributed by atoms with E-state index in [4.69, 9.17) is 5.11 Å². The molecule has 8 heteroatoms. The second-order valence-corrected chi connectivity index (χ2v) is 8.54. The van der Waals surface area contributed by atoms with E-state index in [1.54, 1.807) is 11.8 Å². The molecule has 0 saturated carbocycles. The Labute approximate surface area is 137 Å². The fourth-order valence-electron chi connectivity index (χ4n) is 3.55. The number of nitrogens with zero attached hydrogens (tertiary/aromatic N) is 2. The maximum Gasteiger partial charge on any atom is 0.312 e. The Bertz CT molecular complexity index is 546. The van der Waals surface area contributed by atoms with Crippen molar-refractivity contribution in [1.29, 1.82) is 0 Å². The van der Waals surface area contributed by atoms with Gasteiger partial charge in [-0.15, -0.1) is 0 Å². The van der Waals surface area contributed by atoms with Crippen LogP contribution in [0, 0.1) is 0 Å². The summed E-state index contributed by atoms with van der Waals surface area (Å²) in [5, 5.41) is 9.14. The summed E-state index contributed by atoms with van der Waals surface area (Å²) in [4.78, 5) is 28.2. The average Bonchev–Trinajstić information content (AvgIpc) is 2.88. The smallest absolute Gasteiger partial charge is 0.312 e. The molecule has 2 amide bonds. The Balaban J connectivity index is 2.08. The molecule has 0 radical (unpaired) electrons. The summed E-state index contributed by atoms with van der Waals surface area (Å²) in [7, 11) is -3.11.